The van der Waals surface area contributed by atoms with E-state index in [9.17, 15) is 9.59 Å². The molecule has 1 N–H and O–H groups in total. The second-order valence-electron chi connectivity index (χ2n) is 7.40. The molecule has 3 aromatic rings. The van der Waals surface area contributed by atoms with Gasteiger partial charge in [-0.15, -0.1) is 0 Å². The van der Waals surface area contributed by atoms with Crippen molar-refractivity contribution in [1.82, 2.24) is 0 Å². The monoisotopic (exact) mass is 481 g/mol. The van der Waals surface area contributed by atoms with Crippen molar-refractivity contribution in [2.24, 2.45) is 0 Å². The Kier molecular flexibility index (Phi) is 7.47. The van der Waals surface area contributed by atoms with Crippen LogP contribution >= 0.6 is 15.9 Å². The van der Waals surface area contributed by atoms with Crippen LogP contribution in [0.2, 0.25) is 0 Å². The van der Waals surface area contributed by atoms with Gasteiger partial charge in [0, 0.05) is 15.7 Å². The minimum Gasteiger partial charge on any atom is -0.482 e. The van der Waals surface area contributed by atoms with Crippen LogP contribution in [0.5, 0.6) is 11.5 Å². The second kappa shape index (κ2) is 10.3. The van der Waals surface area contributed by atoms with Crippen LogP contribution in [0.15, 0.2) is 71.2 Å². The molecular formula is C25H24BrNO4. The summed E-state index contributed by atoms with van der Waals surface area (Å²) in [5, 5.41) is 2.81. The molecule has 0 heterocycles. The van der Waals surface area contributed by atoms with Crippen LogP contribution < -0.4 is 14.8 Å². The van der Waals surface area contributed by atoms with E-state index < -0.39 is 5.97 Å². The standard InChI is InChI=1S/C25H24BrNO4/c1-16(2)21-14-22(26)17(3)13-23(21)30-15-24(28)31-20-11-9-18(10-12-20)25(29)27-19-7-5-4-6-8-19/h4-14,16H,15H2,1-3H3,(H,27,29). The van der Waals surface area contributed by atoms with Gasteiger partial charge in [-0.1, -0.05) is 48.0 Å². The SMILES string of the molecule is Cc1cc(OCC(=O)Oc2ccc(C(=O)Nc3ccccc3)cc2)c(C(C)C)cc1Br. The van der Waals surface area contributed by atoms with Gasteiger partial charge in [-0.3, -0.25) is 4.79 Å². The van der Waals surface area contributed by atoms with Gasteiger partial charge in [0.1, 0.15) is 11.5 Å². The highest BCUT2D eigenvalue weighted by atomic mass is 79.9. The third-order valence-corrected chi connectivity index (χ3v) is 5.49. The van der Waals surface area contributed by atoms with Crippen molar-refractivity contribution in [2.75, 3.05) is 11.9 Å². The molecule has 0 unspecified atom stereocenters. The van der Waals surface area contributed by atoms with Crippen LogP contribution in [-0.4, -0.2) is 18.5 Å². The number of carbonyl (C=O) groups is 2. The van der Waals surface area contributed by atoms with Crippen molar-refractivity contribution in [3.63, 3.8) is 0 Å². The minimum atomic E-state index is -0.517. The van der Waals surface area contributed by atoms with E-state index in [1.54, 1.807) is 24.3 Å². The van der Waals surface area contributed by atoms with Gasteiger partial charge in [0.15, 0.2) is 6.61 Å². The molecular weight excluding hydrogens is 458 g/mol. The van der Waals surface area contributed by atoms with Gasteiger partial charge in [-0.25, -0.2) is 4.79 Å². The summed E-state index contributed by atoms with van der Waals surface area (Å²) in [7, 11) is 0. The molecule has 3 rings (SSSR count). The predicted octanol–water partition coefficient (Wildman–Crippen LogP) is 6.12. The number of nitrogens with one attached hydrogen (secondary N) is 1. The molecule has 0 aromatic heterocycles. The number of anilines is 1. The molecule has 6 heteroatoms. The highest BCUT2D eigenvalue weighted by molar-refractivity contribution is 9.10. The van der Waals surface area contributed by atoms with E-state index >= 15 is 0 Å². The minimum absolute atomic E-state index is 0.211. The van der Waals surface area contributed by atoms with Crippen molar-refractivity contribution >= 4 is 33.5 Å². The maximum Gasteiger partial charge on any atom is 0.349 e. The molecule has 0 aliphatic rings. The van der Waals surface area contributed by atoms with E-state index in [1.807, 2.05) is 49.4 Å². The van der Waals surface area contributed by atoms with E-state index in [-0.39, 0.29) is 18.4 Å². The van der Waals surface area contributed by atoms with Crippen molar-refractivity contribution in [2.45, 2.75) is 26.7 Å². The van der Waals surface area contributed by atoms with Crippen molar-refractivity contribution in [3.05, 3.63) is 87.9 Å². The summed E-state index contributed by atoms with van der Waals surface area (Å²) in [5.41, 5.74) is 3.21. The van der Waals surface area contributed by atoms with Crippen molar-refractivity contribution < 1.29 is 19.1 Å². The van der Waals surface area contributed by atoms with Crippen molar-refractivity contribution in [1.29, 1.82) is 0 Å². The first-order valence-corrected chi connectivity index (χ1v) is 10.7. The smallest absolute Gasteiger partial charge is 0.349 e. The lowest BCUT2D eigenvalue weighted by atomic mass is 10.0. The van der Waals surface area contributed by atoms with Gasteiger partial charge in [0.25, 0.3) is 5.91 Å². The molecule has 0 fully saturated rings. The Hall–Kier alpha value is -3.12. The number of rotatable bonds is 7. The molecule has 0 radical (unpaired) electrons. The number of benzene rings is 3. The topological polar surface area (TPSA) is 64.6 Å². The highest BCUT2D eigenvalue weighted by Crippen LogP contribution is 2.32. The Bertz CT molecular complexity index is 1060. The lowest BCUT2D eigenvalue weighted by Gasteiger charge is -2.15. The van der Waals surface area contributed by atoms with E-state index in [0.29, 0.717) is 22.7 Å². The van der Waals surface area contributed by atoms with Crippen LogP contribution in [0.4, 0.5) is 5.69 Å². The van der Waals surface area contributed by atoms with Crippen molar-refractivity contribution in [3.8, 4) is 11.5 Å². The average molecular weight is 482 g/mol. The van der Waals surface area contributed by atoms with Crippen LogP contribution in [0.1, 0.15) is 41.3 Å². The summed E-state index contributed by atoms with van der Waals surface area (Å²) in [6.45, 7) is 5.89. The van der Waals surface area contributed by atoms with E-state index in [4.69, 9.17) is 9.47 Å². The van der Waals surface area contributed by atoms with Crippen LogP contribution in [0.3, 0.4) is 0 Å². The zero-order valence-corrected chi connectivity index (χ0v) is 19.2. The first kappa shape index (κ1) is 22.6. The number of hydrogen-bond donors (Lipinski definition) is 1. The summed E-state index contributed by atoms with van der Waals surface area (Å²) in [4.78, 5) is 24.5. The highest BCUT2D eigenvalue weighted by Gasteiger charge is 2.14. The van der Waals surface area contributed by atoms with Gasteiger partial charge in [-0.2, -0.15) is 0 Å². The number of hydrogen-bond acceptors (Lipinski definition) is 4. The summed E-state index contributed by atoms with van der Waals surface area (Å²) in [5.74, 6) is 0.509. The number of aryl methyl sites for hydroxylation is 1. The van der Waals surface area contributed by atoms with E-state index in [0.717, 1.165) is 15.6 Å². The molecule has 0 saturated carbocycles. The molecule has 31 heavy (non-hydrogen) atoms. The number of esters is 1. The molecule has 1 amide bonds. The average Bonchev–Trinajstić information content (AvgIpc) is 2.75. The number of carbonyl (C=O) groups excluding carboxylic acids is 2. The van der Waals surface area contributed by atoms with Gasteiger partial charge in [-0.05, 0) is 72.5 Å². The summed E-state index contributed by atoms with van der Waals surface area (Å²) in [6.07, 6.45) is 0. The Morgan fingerprint density at radius 1 is 1.00 bits per heavy atom. The zero-order chi connectivity index (χ0) is 22.4. The van der Waals surface area contributed by atoms with Crippen LogP contribution in [0, 0.1) is 6.92 Å². The fourth-order valence-electron chi connectivity index (χ4n) is 2.94. The summed E-state index contributed by atoms with van der Waals surface area (Å²) >= 11 is 3.53. The van der Waals surface area contributed by atoms with E-state index in [1.165, 1.54) is 0 Å². The van der Waals surface area contributed by atoms with Gasteiger partial charge in [0.2, 0.25) is 0 Å². The first-order valence-electron chi connectivity index (χ1n) is 9.93. The molecule has 0 spiro atoms. The second-order valence-corrected chi connectivity index (χ2v) is 8.26. The Morgan fingerprint density at radius 3 is 2.32 bits per heavy atom. The molecule has 0 aliphatic heterocycles. The largest absolute Gasteiger partial charge is 0.482 e. The molecule has 3 aromatic carbocycles. The quantitative estimate of drug-likeness (QED) is 0.326. The Labute approximate surface area is 190 Å². The maximum absolute atomic E-state index is 12.3. The Morgan fingerprint density at radius 2 is 1.68 bits per heavy atom. The maximum atomic E-state index is 12.3. The molecule has 0 bridgehead atoms. The zero-order valence-electron chi connectivity index (χ0n) is 17.6. The van der Waals surface area contributed by atoms with Gasteiger partial charge >= 0.3 is 5.97 Å². The Balaban J connectivity index is 1.58. The molecule has 160 valence electrons. The number of halogens is 1. The molecule has 5 nitrogen and oxygen atoms in total. The molecule has 0 saturated heterocycles. The molecule has 0 atom stereocenters. The lowest BCUT2D eigenvalue weighted by Crippen LogP contribution is -2.18. The fourth-order valence-corrected chi connectivity index (χ4v) is 3.30. The lowest BCUT2D eigenvalue weighted by molar-refractivity contribution is -0.136. The molecule has 0 aliphatic carbocycles. The van der Waals surface area contributed by atoms with Gasteiger partial charge in [0.05, 0.1) is 0 Å². The van der Waals surface area contributed by atoms with E-state index in [2.05, 4.69) is 35.1 Å². The number of para-hydroxylation sites is 1. The number of ether oxygens (including phenoxy) is 2. The third-order valence-electron chi connectivity index (χ3n) is 4.64. The predicted molar refractivity (Wildman–Crippen MR) is 125 cm³/mol. The van der Waals surface area contributed by atoms with Crippen LogP contribution in [-0.2, 0) is 4.79 Å². The number of amides is 1. The fraction of sp³-hybridized carbons (Fsp3) is 0.200. The normalized spacial score (nSPS) is 10.6. The first-order chi connectivity index (χ1) is 14.8. The van der Waals surface area contributed by atoms with Crippen LogP contribution in [0.25, 0.3) is 0 Å². The summed E-state index contributed by atoms with van der Waals surface area (Å²) in [6, 6.07) is 19.5. The summed E-state index contributed by atoms with van der Waals surface area (Å²) < 4.78 is 12.1. The van der Waals surface area contributed by atoms with Gasteiger partial charge < -0.3 is 14.8 Å². The third kappa shape index (κ3) is 6.18.